The predicted octanol–water partition coefficient (Wildman–Crippen LogP) is 2.84. The lowest BCUT2D eigenvalue weighted by molar-refractivity contribution is 0.278. The molecule has 3 nitrogen and oxygen atoms in total. The Bertz CT molecular complexity index is 524. The molecule has 2 rings (SSSR count). The highest BCUT2D eigenvalue weighted by Crippen LogP contribution is 2.31. The quantitative estimate of drug-likeness (QED) is 0.813. The van der Waals surface area contributed by atoms with Crippen LogP contribution in [0.15, 0.2) is 11.1 Å². The first kappa shape index (κ1) is 12.8. The standard InChI is InChI=1S/C13H15F2NO2/c1-7-10(12-16-13(2,3)6-18-12)9(17-4)5-8(14)11(7)15/h5H,6H2,1-4H3. The first-order valence-electron chi connectivity index (χ1n) is 5.61. The lowest BCUT2D eigenvalue weighted by Crippen LogP contribution is -2.17. The Morgan fingerprint density at radius 1 is 1.39 bits per heavy atom. The van der Waals surface area contributed by atoms with Gasteiger partial charge in [0.2, 0.25) is 5.90 Å². The van der Waals surface area contributed by atoms with E-state index in [1.165, 1.54) is 14.0 Å². The van der Waals surface area contributed by atoms with E-state index in [0.29, 0.717) is 18.1 Å². The zero-order chi connectivity index (χ0) is 13.5. The molecule has 1 aromatic carbocycles. The van der Waals surface area contributed by atoms with Crippen molar-refractivity contribution < 1.29 is 18.3 Å². The largest absolute Gasteiger partial charge is 0.496 e. The number of ether oxygens (including phenoxy) is 2. The smallest absolute Gasteiger partial charge is 0.221 e. The minimum absolute atomic E-state index is 0.142. The lowest BCUT2D eigenvalue weighted by Gasteiger charge is -2.12. The summed E-state index contributed by atoms with van der Waals surface area (Å²) in [6.45, 7) is 5.70. The Morgan fingerprint density at radius 2 is 2.06 bits per heavy atom. The van der Waals surface area contributed by atoms with Gasteiger partial charge < -0.3 is 9.47 Å². The van der Waals surface area contributed by atoms with Gasteiger partial charge in [-0.3, -0.25) is 0 Å². The molecule has 0 saturated heterocycles. The summed E-state index contributed by atoms with van der Waals surface area (Å²) >= 11 is 0. The number of methoxy groups -OCH3 is 1. The van der Waals surface area contributed by atoms with Gasteiger partial charge in [0, 0.05) is 11.6 Å². The first-order valence-corrected chi connectivity index (χ1v) is 5.61. The summed E-state index contributed by atoms with van der Waals surface area (Å²) < 4.78 is 37.5. The lowest BCUT2D eigenvalue weighted by atomic mass is 10.1. The topological polar surface area (TPSA) is 30.8 Å². The molecule has 0 amide bonds. The van der Waals surface area contributed by atoms with Crippen LogP contribution in [-0.4, -0.2) is 25.2 Å². The molecule has 0 saturated carbocycles. The predicted molar refractivity (Wildman–Crippen MR) is 64.2 cm³/mol. The van der Waals surface area contributed by atoms with E-state index in [0.717, 1.165) is 6.07 Å². The van der Waals surface area contributed by atoms with Gasteiger partial charge in [0.25, 0.3) is 0 Å². The van der Waals surface area contributed by atoms with Gasteiger partial charge in [0.05, 0.1) is 18.2 Å². The first-order chi connectivity index (χ1) is 8.35. The van der Waals surface area contributed by atoms with Gasteiger partial charge in [-0.05, 0) is 20.8 Å². The molecule has 0 bridgehead atoms. The number of benzene rings is 1. The van der Waals surface area contributed by atoms with Gasteiger partial charge in [-0.25, -0.2) is 13.8 Å². The van der Waals surface area contributed by atoms with E-state index in [1.54, 1.807) is 0 Å². The Kier molecular flexibility index (Phi) is 3.00. The summed E-state index contributed by atoms with van der Waals surface area (Å²) in [5.74, 6) is -1.32. The molecule has 0 N–H and O–H groups in total. The molecule has 0 atom stereocenters. The fraction of sp³-hybridized carbons (Fsp3) is 0.462. The van der Waals surface area contributed by atoms with Gasteiger partial charge in [-0.1, -0.05) is 0 Å². The van der Waals surface area contributed by atoms with Crippen molar-refractivity contribution in [3.8, 4) is 5.75 Å². The number of rotatable bonds is 2. The summed E-state index contributed by atoms with van der Waals surface area (Å²) in [6, 6.07) is 1.01. The number of hydrogen-bond acceptors (Lipinski definition) is 3. The second-order valence-corrected chi connectivity index (χ2v) is 4.89. The second kappa shape index (κ2) is 4.23. The highest BCUT2D eigenvalue weighted by atomic mass is 19.2. The molecular weight excluding hydrogens is 240 g/mol. The van der Waals surface area contributed by atoms with Crippen molar-refractivity contribution >= 4 is 5.90 Å². The molecule has 0 aromatic heterocycles. The van der Waals surface area contributed by atoms with E-state index in [-0.39, 0.29) is 16.9 Å². The van der Waals surface area contributed by atoms with Crippen molar-refractivity contribution in [2.24, 2.45) is 4.99 Å². The van der Waals surface area contributed by atoms with Crippen LogP contribution in [0.2, 0.25) is 0 Å². The Hall–Kier alpha value is -1.65. The van der Waals surface area contributed by atoms with Crippen molar-refractivity contribution in [1.82, 2.24) is 0 Å². The van der Waals surface area contributed by atoms with Crippen LogP contribution in [-0.2, 0) is 4.74 Å². The minimum Gasteiger partial charge on any atom is -0.496 e. The Labute approximate surface area is 104 Å². The molecule has 1 aliphatic rings. The minimum atomic E-state index is -0.939. The Morgan fingerprint density at radius 3 is 2.56 bits per heavy atom. The maximum Gasteiger partial charge on any atom is 0.221 e. The molecular formula is C13H15F2NO2. The van der Waals surface area contributed by atoms with E-state index >= 15 is 0 Å². The summed E-state index contributed by atoms with van der Waals surface area (Å²) in [5, 5.41) is 0. The molecule has 0 aliphatic carbocycles. The maximum atomic E-state index is 13.6. The number of hydrogen-bond donors (Lipinski definition) is 0. The normalized spacial score (nSPS) is 17.3. The molecule has 1 aliphatic heterocycles. The van der Waals surface area contributed by atoms with Crippen molar-refractivity contribution in [1.29, 1.82) is 0 Å². The van der Waals surface area contributed by atoms with E-state index in [4.69, 9.17) is 9.47 Å². The average Bonchev–Trinajstić information content (AvgIpc) is 2.65. The van der Waals surface area contributed by atoms with Crippen LogP contribution in [0.4, 0.5) is 8.78 Å². The van der Waals surface area contributed by atoms with Gasteiger partial charge in [0.1, 0.15) is 12.4 Å². The van der Waals surface area contributed by atoms with Crippen LogP contribution >= 0.6 is 0 Å². The third-order valence-electron chi connectivity index (χ3n) is 2.82. The maximum absolute atomic E-state index is 13.6. The Balaban J connectivity index is 2.61. The van der Waals surface area contributed by atoms with E-state index < -0.39 is 11.6 Å². The van der Waals surface area contributed by atoms with Crippen LogP contribution in [0.1, 0.15) is 25.0 Å². The van der Waals surface area contributed by atoms with Crippen molar-refractivity contribution in [3.05, 3.63) is 28.8 Å². The van der Waals surface area contributed by atoms with E-state index in [1.807, 2.05) is 13.8 Å². The average molecular weight is 255 g/mol. The molecule has 18 heavy (non-hydrogen) atoms. The van der Waals surface area contributed by atoms with Crippen LogP contribution in [0, 0.1) is 18.6 Å². The third-order valence-corrected chi connectivity index (χ3v) is 2.82. The summed E-state index contributed by atoms with van der Waals surface area (Å²) in [7, 11) is 1.40. The molecule has 0 radical (unpaired) electrons. The van der Waals surface area contributed by atoms with Crippen LogP contribution in [0.5, 0.6) is 5.75 Å². The van der Waals surface area contributed by atoms with Gasteiger partial charge in [-0.2, -0.15) is 0 Å². The number of nitrogens with zero attached hydrogens (tertiary/aromatic N) is 1. The van der Waals surface area contributed by atoms with Gasteiger partial charge >= 0.3 is 0 Å². The van der Waals surface area contributed by atoms with Crippen LogP contribution in [0.25, 0.3) is 0 Å². The van der Waals surface area contributed by atoms with Gasteiger partial charge in [-0.15, -0.1) is 0 Å². The van der Waals surface area contributed by atoms with Crippen molar-refractivity contribution in [3.63, 3.8) is 0 Å². The van der Waals surface area contributed by atoms with Gasteiger partial charge in [0.15, 0.2) is 11.6 Å². The summed E-state index contributed by atoms with van der Waals surface area (Å²) in [4.78, 5) is 4.36. The van der Waals surface area contributed by atoms with Crippen molar-refractivity contribution in [2.75, 3.05) is 13.7 Å². The fourth-order valence-electron chi connectivity index (χ4n) is 1.86. The molecule has 0 fully saturated rings. The van der Waals surface area contributed by atoms with E-state index in [9.17, 15) is 8.78 Å². The van der Waals surface area contributed by atoms with Crippen LogP contribution < -0.4 is 4.74 Å². The highest BCUT2D eigenvalue weighted by Gasteiger charge is 2.31. The molecule has 0 unspecified atom stereocenters. The molecule has 98 valence electrons. The zero-order valence-corrected chi connectivity index (χ0v) is 10.8. The second-order valence-electron chi connectivity index (χ2n) is 4.89. The molecule has 1 aromatic rings. The number of aliphatic imine (C=N–C) groups is 1. The summed E-state index contributed by atoms with van der Waals surface area (Å²) in [5.41, 5.74) is 0.155. The molecule has 0 spiro atoms. The fourth-order valence-corrected chi connectivity index (χ4v) is 1.86. The third kappa shape index (κ3) is 2.05. The van der Waals surface area contributed by atoms with Crippen molar-refractivity contribution in [2.45, 2.75) is 26.3 Å². The number of halogens is 2. The summed E-state index contributed by atoms with van der Waals surface area (Å²) in [6.07, 6.45) is 0. The molecule has 5 heteroatoms. The zero-order valence-electron chi connectivity index (χ0n) is 10.8. The molecule has 1 heterocycles. The monoisotopic (exact) mass is 255 g/mol. The highest BCUT2D eigenvalue weighted by molar-refractivity contribution is 5.99. The van der Waals surface area contributed by atoms with Crippen LogP contribution in [0.3, 0.4) is 0 Å². The van der Waals surface area contributed by atoms with E-state index in [2.05, 4.69) is 4.99 Å². The SMILES string of the molecule is COc1cc(F)c(F)c(C)c1C1=NC(C)(C)CO1.